The highest BCUT2D eigenvalue weighted by atomic mass is 32.2. The van der Waals surface area contributed by atoms with Gasteiger partial charge in [-0.2, -0.15) is 4.31 Å². The summed E-state index contributed by atoms with van der Waals surface area (Å²) in [6, 6.07) is 8.90. The van der Waals surface area contributed by atoms with E-state index in [4.69, 9.17) is 9.47 Å². The predicted molar refractivity (Wildman–Crippen MR) is 128 cm³/mol. The molecule has 0 N–H and O–H groups in total. The molecule has 0 amide bonds. The highest BCUT2D eigenvalue weighted by Gasteiger charge is 2.31. The number of anilines is 2. The van der Waals surface area contributed by atoms with Crippen molar-refractivity contribution in [2.24, 2.45) is 0 Å². The summed E-state index contributed by atoms with van der Waals surface area (Å²) in [7, 11) is -3.69. The number of nitrogens with zero attached hydrogens (tertiary/aromatic N) is 5. The zero-order chi connectivity index (χ0) is 23.3. The molecular weight excluding hydrogens is 442 g/mol. The van der Waals surface area contributed by atoms with Crippen molar-refractivity contribution in [1.82, 2.24) is 14.5 Å². The number of sulfonamides is 1. The van der Waals surface area contributed by atoms with Crippen molar-refractivity contribution in [3.8, 4) is 11.5 Å². The zero-order valence-corrected chi connectivity index (χ0v) is 20.3. The van der Waals surface area contributed by atoms with Crippen molar-refractivity contribution in [3.05, 3.63) is 30.3 Å². The summed E-state index contributed by atoms with van der Waals surface area (Å²) in [4.78, 5) is 4.53. The maximum absolute atomic E-state index is 13.4. The van der Waals surface area contributed by atoms with Crippen LogP contribution in [0, 0.1) is 0 Å². The Hall–Kier alpha value is -2.59. The molecule has 1 aromatic heterocycles. The number of ether oxygens (including phenoxy) is 2. The molecule has 4 rings (SSSR count). The first kappa shape index (κ1) is 23.6. The number of piperidine rings is 1. The van der Waals surface area contributed by atoms with Crippen molar-refractivity contribution in [1.29, 1.82) is 0 Å². The Kier molecular flexibility index (Phi) is 7.54. The fourth-order valence-corrected chi connectivity index (χ4v) is 5.84. The van der Waals surface area contributed by atoms with E-state index in [0.29, 0.717) is 50.9 Å². The number of hydrogen-bond acceptors (Lipinski definition) is 8. The molecule has 0 saturated carbocycles. The van der Waals surface area contributed by atoms with E-state index in [0.717, 1.165) is 24.7 Å². The average molecular weight is 476 g/mol. The monoisotopic (exact) mass is 475 g/mol. The first-order valence-corrected chi connectivity index (χ1v) is 13.2. The fraction of sp³-hybridized carbons (Fsp3) is 0.565. The second kappa shape index (κ2) is 10.6. The van der Waals surface area contributed by atoms with Gasteiger partial charge in [0.1, 0.15) is 16.4 Å². The number of piperazine rings is 1. The summed E-state index contributed by atoms with van der Waals surface area (Å²) in [5.74, 6) is 2.61. The summed E-state index contributed by atoms with van der Waals surface area (Å²) in [6.45, 7) is 8.50. The van der Waals surface area contributed by atoms with Crippen LogP contribution in [0.5, 0.6) is 11.5 Å². The summed E-state index contributed by atoms with van der Waals surface area (Å²) in [5, 5.41) is 8.84. The Morgan fingerprint density at radius 3 is 1.97 bits per heavy atom. The molecule has 1 aromatic carbocycles. The minimum atomic E-state index is -3.69. The summed E-state index contributed by atoms with van der Waals surface area (Å²) in [5.41, 5.74) is 0. The highest BCUT2D eigenvalue weighted by Crippen LogP contribution is 2.32. The first-order valence-electron chi connectivity index (χ1n) is 11.8. The summed E-state index contributed by atoms with van der Waals surface area (Å²) < 4.78 is 39.4. The van der Waals surface area contributed by atoms with Crippen LogP contribution >= 0.6 is 0 Å². The standard InChI is InChI=1S/C23H33N5O4S/c1-3-31-19-8-9-21(20(18-19)32-4-2)33(29,30)28-16-14-27(15-17-28)23-11-10-22(24-25-23)26-12-6-5-7-13-26/h8-11,18H,3-7,12-17H2,1-2H3. The lowest BCUT2D eigenvalue weighted by Crippen LogP contribution is -2.49. The van der Waals surface area contributed by atoms with Gasteiger partial charge in [0.2, 0.25) is 10.0 Å². The van der Waals surface area contributed by atoms with Crippen molar-refractivity contribution in [2.75, 3.05) is 62.3 Å². The molecule has 2 aliphatic heterocycles. The number of hydrogen-bond donors (Lipinski definition) is 0. The van der Waals surface area contributed by atoms with Gasteiger partial charge < -0.3 is 19.3 Å². The molecule has 9 nitrogen and oxygen atoms in total. The Morgan fingerprint density at radius 1 is 0.788 bits per heavy atom. The number of benzene rings is 1. The molecule has 33 heavy (non-hydrogen) atoms. The van der Waals surface area contributed by atoms with E-state index in [1.807, 2.05) is 26.0 Å². The van der Waals surface area contributed by atoms with Gasteiger partial charge in [0.15, 0.2) is 11.6 Å². The zero-order valence-electron chi connectivity index (χ0n) is 19.4. The molecule has 0 spiro atoms. The van der Waals surface area contributed by atoms with Crippen LogP contribution in [-0.4, -0.2) is 75.4 Å². The molecular formula is C23H33N5O4S. The van der Waals surface area contributed by atoms with E-state index in [2.05, 4.69) is 20.0 Å². The van der Waals surface area contributed by atoms with E-state index >= 15 is 0 Å². The smallest absolute Gasteiger partial charge is 0.246 e. The van der Waals surface area contributed by atoms with Gasteiger partial charge in [0.05, 0.1) is 13.2 Å². The Bertz CT molecular complexity index is 1020. The number of aromatic nitrogens is 2. The quantitative estimate of drug-likeness (QED) is 0.576. The molecule has 0 radical (unpaired) electrons. The van der Waals surface area contributed by atoms with E-state index in [1.165, 1.54) is 23.6 Å². The lowest BCUT2D eigenvalue weighted by molar-refractivity contribution is 0.314. The predicted octanol–water partition coefficient (Wildman–Crippen LogP) is 2.78. The minimum Gasteiger partial charge on any atom is -0.494 e. The van der Waals surface area contributed by atoms with Gasteiger partial charge in [-0.15, -0.1) is 10.2 Å². The fourth-order valence-electron chi connectivity index (χ4n) is 4.30. The van der Waals surface area contributed by atoms with Gasteiger partial charge in [-0.05, 0) is 57.4 Å². The second-order valence-corrected chi connectivity index (χ2v) is 10.1. The normalized spacial score (nSPS) is 17.8. The molecule has 10 heteroatoms. The summed E-state index contributed by atoms with van der Waals surface area (Å²) in [6.07, 6.45) is 3.66. The van der Waals surface area contributed by atoms with Crippen LogP contribution in [0.15, 0.2) is 35.2 Å². The molecule has 2 fully saturated rings. The van der Waals surface area contributed by atoms with Crippen molar-refractivity contribution in [2.45, 2.75) is 38.0 Å². The summed E-state index contributed by atoms with van der Waals surface area (Å²) >= 11 is 0. The van der Waals surface area contributed by atoms with E-state index in [-0.39, 0.29) is 4.90 Å². The molecule has 2 aliphatic rings. The highest BCUT2D eigenvalue weighted by molar-refractivity contribution is 7.89. The van der Waals surface area contributed by atoms with Crippen LogP contribution in [0.3, 0.4) is 0 Å². The van der Waals surface area contributed by atoms with Gasteiger partial charge in [-0.3, -0.25) is 0 Å². The maximum Gasteiger partial charge on any atom is 0.246 e. The van der Waals surface area contributed by atoms with E-state index < -0.39 is 10.0 Å². The third-order valence-corrected chi connectivity index (χ3v) is 7.96. The first-order chi connectivity index (χ1) is 16.0. The largest absolute Gasteiger partial charge is 0.494 e. The molecule has 0 atom stereocenters. The van der Waals surface area contributed by atoms with Gasteiger partial charge in [-0.1, -0.05) is 0 Å². The van der Waals surface area contributed by atoms with Crippen LogP contribution in [0.2, 0.25) is 0 Å². The van der Waals surface area contributed by atoms with Gasteiger partial charge in [0.25, 0.3) is 0 Å². The van der Waals surface area contributed by atoms with Crippen LogP contribution in [0.25, 0.3) is 0 Å². The molecule has 0 unspecified atom stereocenters. The van der Waals surface area contributed by atoms with Crippen LogP contribution in [0.1, 0.15) is 33.1 Å². The third kappa shape index (κ3) is 5.33. The molecule has 180 valence electrons. The van der Waals surface area contributed by atoms with Crippen LogP contribution < -0.4 is 19.3 Å². The minimum absolute atomic E-state index is 0.173. The lowest BCUT2D eigenvalue weighted by Gasteiger charge is -2.35. The molecule has 0 aliphatic carbocycles. The van der Waals surface area contributed by atoms with E-state index in [9.17, 15) is 8.42 Å². The Labute approximate surface area is 196 Å². The van der Waals surface area contributed by atoms with Crippen molar-refractivity contribution >= 4 is 21.7 Å². The second-order valence-electron chi connectivity index (χ2n) is 8.16. The molecule has 0 bridgehead atoms. The van der Waals surface area contributed by atoms with Crippen molar-refractivity contribution in [3.63, 3.8) is 0 Å². The number of rotatable bonds is 8. The average Bonchev–Trinajstić information content (AvgIpc) is 2.85. The van der Waals surface area contributed by atoms with Crippen LogP contribution in [0.4, 0.5) is 11.6 Å². The van der Waals surface area contributed by atoms with Gasteiger partial charge in [0, 0.05) is 45.3 Å². The Balaban J connectivity index is 1.43. The molecule has 3 heterocycles. The van der Waals surface area contributed by atoms with Gasteiger partial charge in [-0.25, -0.2) is 8.42 Å². The maximum atomic E-state index is 13.4. The Morgan fingerprint density at radius 2 is 1.39 bits per heavy atom. The topological polar surface area (TPSA) is 88.1 Å². The molecule has 2 aromatic rings. The molecule has 2 saturated heterocycles. The third-order valence-electron chi connectivity index (χ3n) is 6.02. The SMILES string of the molecule is CCOc1ccc(S(=O)(=O)N2CCN(c3ccc(N4CCCCC4)nn3)CC2)c(OCC)c1. The van der Waals surface area contributed by atoms with E-state index in [1.54, 1.807) is 18.2 Å². The van der Waals surface area contributed by atoms with Gasteiger partial charge >= 0.3 is 0 Å². The van der Waals surface area contributed by atoms with Crippen molar-refractivity contribution < 1.29 is 17.9 Å². The van der Waals surface area contributed by atoms with Crippen LogP contribution in [-0.2, 0) is 10.0 Å². The lowest BCUT2D eigenvalue weighted by atomic mass is 10.1.